The highest BCUT2D eigenvalue weighted by molar-refractivity contribution is 9.10. The quantitative estimate of drug-likeness (QED) is 0.828. The SMILES string of the molecule is NCC1CC(=O)N(c2c[nH]cc(Br)c2=O)C1. The van der Waals surface area contributed by atoms with Gasteiger partial charge in [-0.25, -0.2) is 0 Å². The Bertz CT molecular complexity index is 471. The van der Waals surface area contributed by atoms with Gasteiger partial charge in [-0.15, -0.1) is 0 Å². The van der Waals surface area contributed by atoms with E-state index in [1.807, 2.05) is 0 Å². The summed E-state index contributed by atoms with van der Waals surface area (Å²) in [6.07, 6.45) is 3.51. The van der Waals surface area contributed by atoms with Gasteiger partial charge in [0.15, 0.2) is 0 Å². The number of anilines is 1. The smallest absolute Gasteiger partial charge is 0.227 e. The number of aromatic amines is 1. The molecule has 2 heterocycles. The summed E-state index contributed by atoms with van der Waals surface area (Å²) in [4.78, 5) is 27.8. The van der Waals surface area contributed by atoms with Crippen LogP contribution in [0.5, 0.6) is 0 Å². The van der Waals surface area contributed by atoms with Crippen LogP contribution in [0.3, 0.4) is 0 Å². The second kappa shape index (κ2) is 4.39. The molecule has 86 valence electrons. The van der Waals surface area contributed by atoms with Crippen LogP contribution in [0, 0.1) is 5.92 Å². The molecule has 0 aromatic carbocycles. The van der Waals surface area contributed by atoms with Crippen molar-refractivity contribution >= 4 is 27.5 Å². The highest BCUT2D eigenvalue weighted by Crippen LogP contribution is 2.22. The molecule has 1 saturated heterocycles. The summed E-state index contributed by atoms with van der Waals surface area (Å²) in [7, 11) is 0. The van der Waals surface area contributed by atoms with Gasteiger partial charge in [0.25, 0.3) is 0 Å². The number of halogens is 1. The van der Waals surface area contributed by atoms with Crippen LogP contribution in [0.25, 0.3) is 0 Å². The van der Waals surface area contributed by atoms with Crippen LogP contribution in [-0.2, 0) is 4.79 Å². The van der Waals surface area contributed by atoms with Crippen molar-refractivity contribution in [1.29, 1.82) is 0 Å². The Hall–Kier alpha value is -1.14. The maximum absolute atomic E-state index is 11.8. The van der Waals surface area contributed by atoms with Crippen molar-refractivity contribution in [1.82, 2.24) is 4.98 Å². The number of pyridine rings is 1. The van der Waals surface area contributed by atoms with Crippen LogP contribution < -0.4 is 16.1 Å². The van der Waals surface area contributed by atoms with Crippen molar-refractivity contribution in [3.8, 4) is 0 Å². The average molecular weight is 286 g/mol. The summed E-state index contributed by atoms with van der Waals surface area (Å²) < 4.78 is 0.425. The minimum atomic E-state index is -0.176. The van der Waals surface area contributed by atoms with E-state index in [2.05, 4.69) is 20.9 Å². The maximum atomic E-state index is 11.8. The number of hydrogen-bond acceptors (Lipinski definition) is 3. The van der Waals surface area contributed by atoms with Crippen molar-refractivity contribution in [2.45, 2.75) is 6.42 Å². The predicted octanol–water partition coefficient (Wildman–Crippen LogP) is 0.449. The first-order chi connectivity index (χ1) is 7.63. The van der Waals surface area contributed by atoms with Crippen LogP contribution in [0.1, 0.15) is 6.42 Å². The first-order valence-electron chi connectivity index (χ1n) is 5.00. The number of H-pyrrole nitrogens is 1. The Labute approximate surface area is 101 Å². The second-order valence-corrected chi connectivity index (χ2v) is 4.68. The van der Waals surface area contributed by atoms with Gasteiger partial charge in [0, 0.05) is 25.4 Å². The molecule has 0 aliphatic carbocycles. The Morgan fingerprint density at radius 1 is 1.50 bits per heavy atom. The van der Waals surface area contributed by atoms with Crippen LogP contribution in [-0.4, -0.2) is 24.0 Å². The molecule has 1 unspecified atom stereocenters. The van der Waals surface area contributed by atoms with Crippen molar-refractivity contribution < 1.29 is 4.79 Å². The third kappa shape index (κ3) is 1.90. The molecule has 0 spiro atoms. The van der Waals surface area contributed by atoms with E-state index in [1.54, 1.807) is 12.4 Å². The van der Waals surface area contributed by atoms with Gasteiger partial charge in [-0.3, -0.25) is 9.59 Å². The summed E-state index contributed by atoms with van der Waals surface area (Å²) >= 11 is 3.14. The number of hydrogen-bond donors (Lipinski definition) is 2. The third-order valence-electron chi connectivity index (χ3n) is 2.71. The zero-order valence-corrected chi connectivity index (χ0v) is 10.2. The summed E-state index contributed by atoms with van der Waals surface area (Å²) in [5.41, 5.74) is 5.74. The summed E-state index contributed by atoms with van der Waals surface area (Å²) in [6, 6.07) is 0. The number of rotatable bonds is 2. The Morgan fingerprint density at radius 2 is 2.25 bits per heavy atom. The average Bonchev–Trinajstić information content (AvgIpc) is 2.64. The molecule has 6 heteroatoms. The molecule has 3 N–H and O–H groups in total. The standard InChI is InChI=1S/C10H12BrN3O2/c11-7-3-13-4-8(10(7)16)14-5-6(2-12)1-9(14)15/h3-4,6H,1-2,5,12H2,(H,13,16). The lowest BCUT2D eigenvalue weighted by Crippen LogP contribution is -2.30. The molecule has 16 heavy (non-hydrogen) atoms. The lowest BCUT2D eigenvalue weighted by atomic mass is 10.1. The molecular weight excluding hydrogens is 274 g/mol. The molecule has 1 amide bonds. The Morgan fingerprint density at radius 3 is 2.88 bits per heavy atom. The molecule has 1 aromatic heterocycles. The molecule has 0 bridgehead atoms. The van der Waals surface area contributed by atoms with Crippen LogP contribution >= 0.6 is 15.9 Å². The normalized spacial score (nSPS) is 20.5. The fourth-order valence-electron chi connectivity index (χ4n) is 1.82. The lowest BCUT2D eigenvalue weighted by molar-refractivity contribution is -0.117. The van der Waals surface area contributed by atoms with Gasteiger partial charge in [0.1, 0.15) is 5.69 Å². The first kappa shape index (κ1) is 11.3. The number of nitrogens with zero attached hydrogens (tertiary/aromatic N) is 1. The molecular formula is C10H12BrN3O2. The fraction of sp³-hybridized carbons (Fsp3) is 0.400. The van der Waals surface area contributed by atoms with Gasteiger partial charge in [0.05, 0.1) is 4.47 Å². The number of amides is 1. The second-order valence-electron chi connectivity index (χ2n) is 3.83. The van der Waals surface area contributed by atoms with E-state index in [-0.39, 0.29) is 17.3 Å². The van der Waals surface area contributed by atoms with E-state index in [0.29, 0.717) is 29.7 Å². The fourth-order valence-corrected chi connectivity index (χ4v) is 2.16. The number of nitrogens with one attached hydrogen (secondary N) is 1. The lowest BCUT2D eigenvalue weighted by Gasteiger charge is -2.15. The van der Waals surface area contributed by atoms with E-state index in [9.17, 15) is 9.59 Å². The minimum Gasteiger partial charge on any atom is -0.365 e. The highest BCUT2D eigenvalue weighted by Gasteiger charge is 2.31. The van der Waals surface area contributed by atoms with Crippen LogP contribution in [0.15, 0.2) is 21.7 Å². The van der Waals surface area contributed by atoms with Crippen molar-refractivity contribution in [2.75, 3.05) is 18.0 Å². The monoisotopic (exact) mass is 285 g/mol. The molecule has 2 rings (SSSR count). The van der Waals surface area contributed by atoms with E-state index < -0.39 is 0 Å². The zero-order valence-electron chi connectivity index (χ0n) is 8.57. The molecule has 5 nitrogen and oxygen atoms in total. The topological polar surface area (TPSA) is 79.2 Å². The van der Waals surface area contributed by atoms with Gasteiger partial charge in [-0.2, -0.15) is 0 Å². The molecule has 1 aliphatic heterocycles. The minimum absolute atomic E-state index is 0.0425. The van der Waals surface area contributed by atoms with Gasteiger partial charge < -0.3 is 15.6 Å². The predicted molar refractivity (Wildman–Crippen MR) is 64.3 cm³/mol. The number of carbonyl (C=O) groups is 1. The largest absolute Gasteiger partial charge is 0.365 e. The third-order valence-corrected chi connectivity index (χ3v) is 3.30. The van der Waals surface area contributed by atoms with Crippen molar-refractivity contribution in [2.24, 2.45) is 11.7 Å². The number of aromatic nitrogens is 1. The van der Waals surface area contributed by atoms with E-state index in [4.69, 9.17) is 5.73 Å². The molecule has 1 aliphatic rings. The molecule has 1 fully saturated rings. The highest BCUT2D eigenvalue weighted by atomic mass is 79.9. The van der Waals surface area contributed by atoms with E-state index >= 15 is 0 Å². The first-order valence-corrected chi connectivity index (χ1v) is 5.79. The Balaban J connectivity index is 2.35. The molecule has 1 aromatic rings. The number of nitrogens with two attached hydrogens (primary N) is 1. The summed E-state index contributed by atoms with van der Waals surface area (Å²) in [5, 5.41) is 0. The molecule has 0 saturated carbocycles. The van der Waals surface area contributed by atoms with Gasteiger partial charge >= 0.3 is 0 Å². The van der Waals surface area contributed by atoms with Crippen LogP contribution in [0.2, 0.25) is 0 Å². The molecule has 1 atom stereocenters. The van der Waals surface area contributed by atoms with Gasteiger partial charge in [-0.05, 0) is 28.4 Å². The molecule has 0 radical (unpaired) electrons. The van der Waals surface area contributed by atoms with E-state index in [1.165, 1.54) is 4.90 Å². The maximum Gasteiger partial charge on any atom is 0.227 e. The van der Waals surface area contributed by atoms with Gasteiger partial charge in [-0.1, -0.05) is 0 Å². The van der Waals surface area contributed by atoms with Crippen LogP contribution in [0.4, 0.5) is 5.69 Å². The van der Waals surface area contributed by atoms with Crippen molar-refractivity contribution in [3.05, 3.63) is 27.1 Å². The summed E-state index contributed by atoms with van der Waals surface area (Å²) in [6.45, 7) is 0.989. The summed E-state index contributed by atoms with van der Waals surface area (Å²) in [5.74, 6) is 0.102. The van der Waals surface area contributed by atoms with E-state index in [0.717, 1.165) is 0 Å². The number of carbonyl (C=O) groups excluding carboxylic acids is 1. The van der Waals surface area contributed by atoms with Gasteiger partial charge in [0.2, 0.25) is 11.3 Å². The Kier molecular flexibility index (Phi) is 3.11. The van der Waals surface area contributed by atoms with Crippen molar-refractivity contribution in [3.63, 3.8) is 0 Å². The zero-order chi connectivity index (χ0) is 11.7.